The molecule has 2 aromatic heterocycles. The number of aromatic nitrogens is 3. The number of aromatic amines is 1. The van der Waals surface area contributed by atoms with Crippen LogP contribution in [0.25, 0.3) is 22.2 Å². The second-order valence-corrected chi connectivity index (χ2v) is 4.91. The minimum atomic E-state index is 0.666. The predicted molar refractivity (Wildman–Crippen MR) is 79.6 cm³/mol. The molecule has 3 rings (SSSR count). The van der Waals surface area contributed by atoms with Gasteiger partial charge in [-0.2, -0.15) is 0 Å². The van der Waals surface area contributed by atoms with Crippen molar-refractivity contribution in [3.05, 3.63) is 52.6 Å². The van der Waals surface area contributed by atoms with Crippen molar-refractivity contribution in [2.75, 3.05) is 0 Å². The second kappa shape index (κ2) is 4.55. The number of benzene rings is 1. The quantitative estimate of drug-likeness (QED) is 0.678. The van der Waals surface area contributed by atoms with E-state index in [0.29, 0.717) is 4.64 Å². The lowest BCUT2D eigenvalue weighted by molar-refractivity contribution is 1.04. The summed E-state index contributed by atoms with van der Waals surface area (Å²) in [5.74, 6) is 0. The first-order valence-corrected chi connectivity index (χ1v) is 6.49. The smallest absolute Gasteiger partial charge is 0.130 e. The van der Waals surface area contributed by atoms with Crippen LogP contribution in [0.1, 0.15) is 11.4 Å². The lowest BCUT2D eigenvalue weighted by Gasteiger charge is -2.08. The molecule has 2 heterocycles. The first-order chi connectivity index (χ1) is 9.16. The van der Waals surface area contributed by atoms with Gasteiger partial charge in [-0.3, -0.25) is 4.98 Å². The van der Waals surface area contributed by atoms with Gasteiger partial charge >= 0.3 is 0 Å². The van der Waals surface area contributed by atoms with Crippen LogP contribution in [0, 0.1) is 18.5 Å². The Morgan fingerprint density at radius 1 is 1.11 bits per heavy atom. The van der Waals surface area contributed by atoms with Gasteiger partial charge in [0.1, 0.15) is 10.3 Å². The largest absolute Gasteiger partial charge is 0.347 e. The van der Waals surface area contributed by atoms with Crippen LogP contribution in [-0.2, 0) is 0 Å². The summed E-state index contributed by atoms with van der Waals surface area (Å²) >= 11 is 5.41. The van der Waals surface area contributed by atoms with Crippen LogP contribution in [0.3, 0.4) is 0 Å². The van der Waals surface area contributed by atoms with Gasteiger partial charge in [0, 0.05) is 22.8 Å². The number of aryl methyl sites for hydroxylation is 2. The molecule has 4 heteroatoms. The average molecular weight is 267 g/mol. The van der Waals surface area contributed by atoms with Gasteiger partial charge in [-0.15, -0.1) is 0 Å². The molecule has 19 heavy (non-hydrogen) atoms. The van der Waals surface area contributed by atoms with E-state index < -0.39 is 0 Å². The number of pyridine rings is 1. The van der Waals surface area contributed by atoms with Crippen molar-refractivity contribution in [3.63, 3.8) is 0 Å². The monoisotopic (exact) mass is 267 g/mol. The second-order valence-electron chi connectivity index (χ2n) is 4.50. The molecule has 0 fully saturated rings. The molecule has 0 aliphatic carbocycles. The molecule has 1 N–H and O–H groups in total. The highest BCUT2D eigenvalue weighted by molar-refractivity contribution is 7.71. The Balaban J connectivity index is 2.37. The van der Waals surface area contributed by atoms with Gasteiger partial charge in [0.25, 0.3) is 0 Å². The Hall–Kier alpha value is -2.07. The van der Waals surface area contributed by atoms with Crippen LogP contribution in [0.15, 0.2) is 36.5 Å². The molecule has 0 radical (unpaired) electrons. The summed E-state index contributed by atoms with van der Waals surface area (Å²) in [5, 5.41) is 1.07. The third kappa shape index (κ3) is 2.04. The summed E-state index contributed by atoms with van der Waals surface area (Å²) in [5.41, 5.74) is 4.76. The number of nitrogens with zero attached hydrogens (tertiary/aromatic N) is 2. The van der Waals surface area contributed by atoms with Crippen molar-refractivity contribution in [2.45, 2.75) is 13.8 Å². The standard InChI is InChI=1S/C15H13N3S/c1-9-10(2)18-15(19)14(17-9)12-5-3-7-13-11(12)6-4-8-16-13/h3-8H,1-2H3,(H,18,19). The zero-order valence-corrected chi connectivity index (χ0v) is 11.6. The summed E-state index contributed by atoms with van der Waals surface area (Å²) in [7, 11) is 0. The van der Waals surface area contributed by atoms with E-state index >= 15 is 0 Å². The van der Waals surface area contributed by atoms with Gasteiger partial charge in [-0.05, 0) is 26.0 Å². The maximum atomic E-state index is 5.41. The number of H-pyrrole nitrogens is 1. The molecule has 1 aromatic carbocycles. The lowest BCUT2D eigenvalue weighted by atomic mass is 10.1. The Kier molecular flexibility index (Phi) is 2.87. The van der Waals surface area contributed by atoms with Crippen molar-refractivity contribution in [3.8, 4) is 11.3 Å². The highest BCUT2D eigenvalue weighted by atomic mass is 32.1. The first kappa shape index (κ1) is 12.0. The maximum Gasteiger partial charge on any atom is 0.130 e. The third-order valence-corrected chi connectivity index (χ3v) is 3.53. The van der Waals surface area contributed by atoms with Gasteiger partial charge in [0.05, 0.1) is 11.2 Å². The summed E-state index contributed by atoms with van der Waals surface area (Å²) in [6, 6.07) is 9.98. The zero-order chi connectivity index (χ0) is 13.4. The number of fused-ring (bicyclic) bond motifs is 1. The topological polar surface area (TPSA) is 41.6 Å². The molecule has 0 saturated carbocycles. The maximum absolute atomic E-state index is 5.41. The van der Waals surface area contributed by atoms with Crippen LogP contribution >= 0.6 is 12.2 Å². The van der Waals surface area contributed by atoms with Crippen LogP contribution in [0.4, 0.5) is 0 Å². The minimum absolute atomic E-state index is 0.666. The highest BCUT2D eigenvalue weighted by Gasteiger charge is 2.09. The van der Waals surface area contributed by atoms with Crippen LogP contribution in [0.2, 0.25) is 0 Å². The Morgan fingerprint density at radius 3 is 2.79 bits per heavy atom. The predicted octanol–water partition coefficient (Wildman–Crippen LogP) is 3.97. The van der Waals surface area contributed by atoms with E-state index in [1.807, 2.05) is 44.2 Å². The van der Waals surface area contributed by atoms with E-state index in [2.05, 4.69) is 15.0 Å². The van der Waals surface area contributed by atoms with E-state index in [0.717, 1.165) is 33.5 Å². The summed E-state index contributed by atoms with van der Waals surface area (Å²) in [6.45, 7) is 3.96. The molecule has 0 saturated heterocycles. The van der Waals surface area contributed by atoms with Gasteiger partial charge in [-0.25, -0.2) is 4.98 Å². The summed E-state index contributed by atoms with van der Waals surface area (Å²) in [6.07, 6.45) is 1.79. The molecular weight excluding hydrogens is 254 g/mol. The van der Waals surface area contributed by atoms with E-state index in [4.69, 9.17) is 12.2 Å². The van der Waals surface area contributed by atoms with Crippen molar-refractivity contribution in [1.82, 2.24) is 15.0 Å². The molecule has 0 unspecified atom stereocenters. The summed E-state index contributed by atoms with van der Waals surface area (Å²) in [4.78, 5) is 12.2. The molecule has 0 aliphatic rings. The van der Waals surface area contributed by atoms with Gasteiger partial charge < -0.3 is 4.98 Å². The molecule has 0 aliphatic heterocycles. The zero-order valence-electron chi connectivity index (χ0n) is 10.8. The molecule has 0 atom stereocenters. The molecule has 94 valence electrons. The Bertz CT molecular complexity index is 816. The average Bonchev–Trinajstić information content (AvgIpc) is 2.42. The molecule has 3 nitrogen and oxygen atoms in total. The number of rotatable bonds is 1. The summed E-state index contributed by atoms with van der Waals surface area (Å²) < 4.78 is 0.666. The van der Waals surface area contributed by atoms with Gasteiger partial charge in [0.2, 0.25) is 0 Å². The van der Waals surface area contributed by atoms with Crippen LogP contribution in [0.5, 0.6) is 0 Å². The van der Waals surface area contributed by atoms with Gasteiger partial charge in [0.15, 0.2) is 0 Å². The number of hydrogen-bond donors (Lipinski definition) is 1. The lowest BCUT2D eigenvalue weighted by Crippen LogP contribution is -1.96. The van der Waals surface area contributed by atoms with Crippen molar-refractivity contribution < 1.29 is 0 Å². The highest BCUT2D eigenvalue weighted by Crippen LogP contribution is 2.26. The minimum Gasteiger partial charge on any atom is -0.347 e. The van der Waals surface area contributed by atoms with E-state index in [1.165, 1.54) is 0 Å². The molecule has 0 amide bonds. The van der Waals surface area contributed by atoms with Crippen molar-refractivity contribution in [1.29, 1.82) is 0 Å². The third-order valence-electron chi connectivity index (χ3n) is 3.24. The number of hydrogen-bond acceptors (Lipinski definition) is 3. The van der Waals surface area contributed by atoms with E-state index in [-0.39, 0.29) is 0 Å². The Labute approximate surface area is 116 Å². The van der Waals surface area contributed by atoms with E-state index in [9.17, 15) is 0 Å². The van der Waals surface area contributed by atoms with Crippen LogP contribution < -0.4 is 0 Å². The van der Waals surface area contributed by atoms with Crippen LogP contribution in [-0.4, -0.2) is 15.0 Å². The van der Waals surface area contributed by atoms with Crippen molar-refractivity contribution in [2.24, 2.45) is 0 Å². The first-order valence-electron chi connectivity index (χ1n) is 6.08. The van der Waals surface area contributed by atoms with Gasteiger partial charge in [-0.1, -0.05) is 30.4 Å². The SMILES string of the molecule is Cc1nc(-c2cccc3ncccc23)c(=S)[nH]c1C. The molecule has 3 aromatic rings. The normalized spacial score (nSPS) is 10.8. The van der Waals surface area contributed by atoms with Crippen molar-refractivity contribution >= 4 is 23.1 Å². The fraction of sp³-hybridized carbons (Fsp3) is 0.133. The fourth-order valence-electron chi connectivity index (χ4n) is 2.11. The number of nitrogens with one attached hydrogen (secondary N) is 1. The molecule has 0 bridgehead atoms. The molecular formula is C15H13N3S. The fourth-order valence-corrected chi connectivity index (χ4v) is 2.42. The molecule has 0 spiro atoms. The Morgan fingerprint density at radius 2 is 1.95 bits per heavy atom. The van der Waals surface area contributed by atoms with E-state index in [1.54, 1.807) is 6.20 Å².